The number of non-ortho nitro benzene ring substituents is 1. The van der Waals surface area contributed by atoms with E-state index in [4.69, 9.17) is 23.9 Å². The average Bonchev–Trinajstić information content (AvgIpc) is 3.27. The second-order valence-electron chi connectivity index (χ2n) is 6.60. The van der Waals surface area contributed by atoms with Crippen LogP contribution in [0.5, 0.6) is 0 Å². The Morgan fingerprint density at radius 3 is 2.37 bits per heavy atom. The molecule has 30 heavy (non-hydrogen) atoms. The number of benzene rings is 1. The van der Waals surface area contributed by atoms with Gasteiger partial charge in [-0.05, 0) is 17.7 Å². The average molecular weight is 424 g/mol. The largest absolute Gasteiger partial charge is 0.467 e. The molecule has 0 bridgehead atoms. The number of esters is 3. The third-order valence-corrected chi connectivity index (χ3v) is 5.06. The Balaban J connectivity index is 2.09. The summed E-state index contributed by atoms with van der Waals surface area (Å²) in [5, 5.41) is 11.8. The Bertz CT molecular complexity index is 857. The maximum Gasteiger partial charge on any atom is 0.337 e. The second kappa shape index (κ2) is 8.34. The van der Waals surface area contributed by atoms with Gasteiger partial charge in [0.1, 0.15) is 0 Å². The highest BCUT2D eigenvalue weighted by Gasteiger charge is 2.70. The van der Waals surface area contributed by atoms with Gasteiger partial charge in [-0.3, -0.25) is 19.8 Å². The Labute approximate surface area is 170 Å². The van der Waals surface area contributed by atoms with Crippen LogP contribution in [0.25, 0.3) is 0 Å². The van der Waals surface area contributed by atoms with Gasteiger partial charge < -0.3 is 14.2 Å². The van der Waals surface area contributed by atoms with E-state index in [2.05, 4.69) is 0 Å². The van der Waals surface area contributed by atoms with Gasteiger partial charge in [0.05, 0.1) is 31.7 Å². The highest BCUT2D eigenvalue weighted by molar-refractivity contribution is 5.88. The summed E-state index contributed by atoms with van der Waals surface area (Å²) in [6.07, 6.45) is -2.73. The van der Waals surface area contributed by atoms with E-state index in [0.29, 0.717) is 5.56 Å². The number of nitro benzene ring substituents is 1. The Kier molecular flexibility index (Phi) is 6.01. The molecule has 12 nitrogen and oxygen atoms in total. The van der Waals surface area contributed by atoms with Crippen molar-refractivity contribution in [2.45, 2.75) is 37.0 Å². The number of hydrogen-bond acceptors (Lipinski definition) is 11. The summed E-state index contributed by atoms with van der Waals surface area (Å²) in [6.45, 7) is 1.72. The molecule has 1 aromatic carbocycles. The van der Waals surface area contributed by atoms with Crippen molar-refractivity contribution in [2.75, 3.05) is 20.8 Å². The maximum absolute atomic E-state index is 12.9. The molecule has 162 valence electrons. The predicted octanol–water partition coefficient (Wildman–Crippen LogP) is 0.646. The molecule has 2 fully saturated rings. The van der Waals surface area contributed by atoms with Crippen molar-refractivity contribution < 1.29 is 43.2 Å². The van der Waals surface area contributed by atoms with Gasteiger partial charge >= 0.3 is 17.9 Å². The van der Waals surface area contributed by atoms with E-state index >= 15 is 0 Å². The molecule has 1 aromatic rings. The molecule has 4 atom stereocenters. The Morgan fingerprint density at radius 2 is 1.83 bits per heavy atom. The monoisotopic (exact) mass is 424 g/mol. The molecule has 0 spiro atoms. The third kappa shape index (κ3) is 3.38. The summed E-state index contributed by atoms with van der Waals surface area (Å²) in [4.78, 5) is 59.0. The molecule has 0 radical (unpaired) electrons. The zero-order valence-corrected chi connectivity index (χ0v) is 16.4. The number of nitrogens with zero attached hydrogens (tertiary/aromatic N) is 2. The number of hydrogen-bond donors (Lipinski definition) is 0. The van der Waals surface area contributed by atoms with Crippen LogP contribution in [0.15, 0.2) is 24.3 Å². The minimum atomic E-state index is -1.72. The van der Waals surface area contributed by atoms with Crippen LogP contribution in [0.2, 0.25) is 0 Å². The van der Waals surface area contributed by atoms with Crippen molar-refractivity contribution in [3.8, 4) is 0 Å². The molecule has 3 rings (SSSR count). The lowest BCUT2D eigenvalue weighted by Gasteiger charge is -2.30. The van der Waals surface area contributed by atoms with Crippen LogP contribution in [0.4, 0.5) is 5.69 Å². The number of ether oxygens (including phenoxy) is 3. The number of carbonyl (C=O) groups excluding carboxylic acids is 3. The number of methoxy groups -OCH3 is 2. The van der Waals surface area contributed by atoms with Gasteiger partial charge in [-0.25, -0.2) is 14.4 Å². The van der Waals surface area contributed by atoms with E-state index < -0.39 is 46.5 Å². The maximum atomic E-state index is 12.9. The van der Waals surface area contributed by atoms with E-state index in [0.717, 1.165) is 19.4 Å². The summed E-state index contributed by atoms with van der Waals surface area (Å²) >= 11 is 0. The first-order chi connectivity index (χ1) is 14.3. The fourth-order valence-electron chi connectivity index (χ4n) is 3.75. The van der Waals surface area contributed by atoms with Crippen LogP contribution in [0.3, 0.4) is 0 Å². The first-order valence-electron chi connectivity index (χ1n) is 9.01. The summed E-state index contributed by atoms with van der Waals surface area (Å²) < 4.78 is 14.7. The molecule has 0 amide bonds. The van der Waals surface area contributed by atoms with Gasteiger partial charge in [0.2, 0.25) is 0 Å². The fourth-order valence-corrected chi connectivity index (χ4v) is 3.75. The van der Waals surface area contributed by atoms with Crippen LogP contribution >= 0.6 is 0 Å². The standard InChI is InChI=1S/C18H20N2O10/c1-4-28-15(21)12-9-18(17(23)27-3)13(10-5-7-11(8-6-10)19(24)25)14(16(22)26-2)30-20(18)29-12/h5-8,12-14H,4,9H2,1-3H3/t12-,13-,14-,18+/m1/s1. The van der Waals surface area contributed by atoms with Crippen LogP contribution in [0.1, 0.15) is 24.8 Å². The molecular formula is C18H20N2O10. The van der Waals surface area contributed by atoms with E-state index in [1.54, 1.807) is 6.92 Å². The van der Waals surface area contributed by atoms with Gasteiger partial charge in [0.25, 0.3) is 5.69 Å². The highest BCUT2D eigenvalue weighted by atomic mass is 17.0. The highest BCUT2D eigenvalue weighted by Crippen LogP contribution is 2.52. The summed E-state index contributed by atoms with van der Waals surface area (Å²) in [5.74, 6) is -3.37. The lowest BCUT2D eigenvalue weighted by Crippen LogP contribution is -2.50. The lowest BCUT2D eigenvalue weighted by atomic mass is 9.74. The molecule has 0 saturated carbocycles. The molecular weight excluding hydrogens is 404 g/mol. The molecule has 2 heterocycles. The first-order valence-corrected chi connectivity index (χ1v) is 9.01. The van der Waals surface area contributed by atoms with Crippen LogP contribution < -0.4 is 0 Å². The van der Waals surface area contributed by atoms with E-state index in [1.807, 2.05) is 0 Å². The molecule has 0 N–H and O–H groups in total. The van der Waals surface area contributed by atoms with E-state index in [1.165, 1.54) is 24.3 Å². The second-order valence-corrected chi connectivity index (χ2v) is 6.60. The number of fused-ring (bicyclic) bond motifs is 1. The van der Waals surface area contributed by atoms with Gasteiger partial charge in [-0.15, -0.1) is 0 Å². The van der Waals surface area contributed by atoms with Crippen LogP contribution in [-0.2, 0) is 38.3 Å². The van der Waals surface area contributed by atoms with Gasteiger partial charge in [-0.2, -0.15) is 0 Å². The van der Waals surface area contributed by atoms with Crippen molar-refractivity contribution in [3.05, 3.63) is 39.9 Å². The Morgan fingerprint density at radius 1 is 1.17 bits per heavy atom. The summed E-state index contributed by atoms with van der Waals surface area (Å²) in [7, 11) is 2.29. The van der Waals surface area contributed by atoms with Crippen LogP contribution in [0, 0.1) is 10.1 Å². The smallest absolute Gasteiger partial charge is 0.337 e. The van der Waals surface area contributed by atoms with Crippen molar-refractivity contribution in [1.29, 1.82) is 0 Å². The summed E-state index contributed by atoms with van der Waals surface area (Å²) in [6, 6.07) is 5.26. The predicted molar refractivity (Wildman–Crippen MR) is 95.4 cm³/mol. The molecule has 12 heteroatoms. The topological polar surface area (TPSA) is 144 Å². The van der Waals surface area contributed by atoms with Crippen molar-refractivity contribution in [2.24, 2.45) is 0 Å². The van der Waals surface area contributed by atoms with Crippen LogP contribution in [-0.4, -0.2) is 66.6 Å². The zero-order chi connectivity index (χ0) is 22.1. The van der Waals surface area contributed by atoms with E-state index in [-0.39, 0.29) is 18.7 Å². The number of rotatable bonds is 6. The molecule has 2 aliphatic heterocycles. The number of carbonyl (C=O) groups is 3. The van der Waals surface area contributed by atoms with Gasteiger partial charge in [0, 0.05) is 18.6 Å². The number of nitro groups is 1. The minimum absolute atomic E-state index is 0.0986. The SMILES string of the molecule is CCOC(=O)[C@H]1C[C@@]2(C(=O)OC)[C@H](c3ccc([N+](=O)[O-])cc3)[C@H](C(=O)OC)ON2O1. The first kappa shape index (κ1) is 21.6. The molecule has 0 unspecified atom stereocenters. The lowest BCUT2D eigenvalue weighted by molar-refractivity contribution is -0.384. The molecule has 0 aromatic heterocycles. The third-order valence-electron chi connectivity index (χ3n) is 5.06. The van der Waals surface area contributed by atoms with Gasteiger partial charge in [-0.1, -0.05) is 12.1 Å². The minimum Gasteiger partial charge on any atom is -0.467 e. The van der Waals surface area contributed by atoms with Crippen molar-refractivity contribution in [3.63, 3.8) is 0 Å². The zero-order valence-electron chi connectivity index (χ0n) is 16.4. The molecule has 2 saturated heterocycles. The molecule has 0 aliphatic carbocycles. The summed E-state index contributed by atoms with van der Waals surface area (Å²) in [5.41, 5.74) is -1.54. The van der Waals surface area contributed by atoms with Crippen molar-refractivity contribution in [1.82, 2.24) is 5.23 Å². The fraction of sp³-hybridized carbons (Fsp3) is 0.500. The normalized spacial score (nSPS) is 27.9. The van der Waals surface area contributed by atoms with Crippen molar-refractivity contribution >= 4 is 23.6 Å². The number of hydroxylamine groups is 2. The Hall–Kier alpha value is -3.09. The van der Waals surface area contributed by atoms with E-state index in [9.17, 15) is 24.5 Å². The quantitative estimate of drug-likeness (QED) is 0.275. The van der Waals surface area contributed by atoms with Gasteiger partial charge in [0.15, 0.2) is 17.7 Å². The molecule has 2 aliphatic rings.